The first kappa shape index (κ1) is 20.5. The van der Waals surface area contributed by atoms with Crippen molar-refractivity contribution < 1.29 is 17.9 Å². The smallest absolute Gasteiger partial charge is 0.416 e. The van der Waals surface area contributed by atoms with Gasteiger partial charge >= 0.3 is 6.18 Å². The maximum atomic E-state index is 12.8. The molecule has 0 atom stereocenters. The van der Waals surface area contributed by atoms with Gasteiger partial charge in [-0.1, -0.05) is 24.3 Å². The Morgan fingerprint density at radius 2 is 1.77 bits per heavy atom. The molecule has 9 heteroatoms. The van der Waals surface area contributed by atoms with Crippen molar-refractivity contribution in [2.24, 2.45) is 5.73 Å². The van der Waals surface area contributed by atoms with Crippen LogP contribution in [-0.4, -0.2) is 28.0 Å². The maximum absolute atomic E-state index is 12.8. The Labute approximate surface area is 175 Å². The van der Waals surface area contributed by atoms with Crippen molar-refractivity contribution in [2.45, 2.75) is 6.18 Å². The lowest BCUT2D eigenvalue weighted by Crippen LogP contribution is -2.13. The van der Waals surface area contributed by atoms with Gasteiger partial charge in [0.25, 0.3) is 0 Å². The first-order valence-electron chi connectivity index (χ1n) is 9.45. The number of halogens is 3. The third-order valence-electron chi connectivity index (χ3n) is 4.50. The highest BCUT2D eigenvalue weighted by atomic mass is 19.4. The molecule has 2 heterocycles. The van der Waals surface area contributed by atoms with E-state index in [4.69, 9.17) is 10.5 Å². The van der Waals surface area contributed by atoms with Gasteiger partial charge < -0.3 is 15.8 Å². The van der Waals surface area contributed by atoms with Gasteiger partial charge in [-0.3, -0.25) is 0 Å². The molecule has 4 aromatic rings. The minimum atomic E-state index is -4.39. The van der Waals surface area contributed by atoms with E-state index in [-0.39, 0.29) is 5.88 Å². The van der Waals surface area contributed by atoms with Gasteiger partial charge in [-0.05, 0) is 30.3 Å². The molecule has 0 spiro atoms. The quantitative estimate of drug-likeness (QED) is 0.458. The van der Waals surface area contributed by atoms with Gasteiger partial charge in [0.15, 0.2) is 5.75 Å². The van der Waals surface area contributed by atoms with Crippen molar-refractivity contribution in [3.8, 4) is 22.9 Å². The van der Waals surface area contributed by atoms with Crippen LogP contribution >= 0.6 is 0 Å². The first-order valence-corrected chi connectivity index (χ1v) is 9.45. The minimum Gasteiger partial charge on any atom is -0.437 e. The molecule has 31 heavy (non-hydrogen) atoms. The average molecular weight is 425 g/mol. The summed E-state index contributed by atoms with van der Waals surface area (Å²) in [6, 6.07) is 15.6. The molecule has 3 N–H and O–H groups in total. The number of alkyl halides is 3. The molecule has 0 saturated carbocycles. The highest BCUT2D eigenvalue weighted by molar-refractivity contribution is 5.86. The van der Waals surface area contributed by atoms with Crippen LogP contribution in [0.2, 0.25) is 0 Å². The summed E-state index contributed by atoms with van der Waals surface area (Å²) in [6.45, 7) is 1.06. The molecular weight excluding hydrogens is 407 g/mol. The maximum Gasteiger partial charge on any atom is 0.416 e. The molecule has 0 saturated heterocycles. The summed E-state index contributed by atoms with van der Waals surface area (Å²) in [6.07, 6.45) is -3.09. The van der Waals surface area contributed by atoms with Crippen LogP contribution in [0.1, 0.15) is 5.56 Å². The van der Waals surface area contributed by atoms with E-state index in [0.29, 0.717) is 41.4 Å². The fourth-order valence-corrected chi connectivity index (χ4v) is 3.00. The van der Waals surface area contributed by atoms with Crippen molar-refractivity contribution in [2.75, 3.05) is 18.4 Å². The van der Waals surface area contributed by atoms with Gasteiger partial charge in [0.05, 0.1) is 11.3 Å². The number of benzene rings is 2. The van der Waals surface area contributed by atoms with Gasteiger partial charge in [-0.25, -0.2) is 15.0 Å². The minimum absolute atomic E-state index is 0.250. The second-order valence-corrected chi connectivity index (χ2v) is 6.66. The zero-order chi connectivity index (χ0) is 21.8. The Balaban J connectivity index is 1.62. The second kappa shape index (κ2) is 8.57. The first-order chi connectivity index (χ1) is 14.9. The number of nitrogens with two attached hydrogens (primary N) is 1. The molecule has 0 unspecified atom stereocenters. The third kappa shape index (κ3) is 4.72. The van der Waals surface area contributed by atoms with E-state index >= 15 is 0 Å². The number of fused-ring (bicyclic) bond motifs is 1. The van der Waals surface area contributed by atoms with Crippen LogP contribution in [0.25, 0.3) is 22.2 Å². The summed E-state index contributed by atoms with van der Waals surface area (Å²) in [4.78, 5) is 12.8. The summed E-state index contributed by atoms with van der Waals surface area (Å²) in [5.74, 6) is 1.41. The van der Waals surface area contributed by atoms with Crippen LogP contribution in [-0.2, 0) is 6.18 Å². The topological polar surface area (TPSA) is 86.0 Å². The Kier molecular flexibility index (Phi) is 5.68. The monoisotopic (exact) mass is 425 g/mol. The molecule has 0 aliphatic heterocycles. The molecule has 0 amide bonds. The summed E-state index contributed by atoms with van der Waals surface area (Å²) in [5, 5.41) is 4.01. The number of nitrogens with zero attached hydrogens (tertiary/aromatic N) is 3. The normalized spacial score (nSPS) is 11.5. The number of ether oxygens (including phenoxy) is 1. The summed E-state index contributed by atoms with van der Waals surface area (Å²) < 4.78 is 44.3. The second-order valence-electron chi connectivity index (χ2n) is 6.66. The number of pyridine rings is 1. The van der Waals surface area contributed by atoms with Crippen molar-refractivity contribution in [1.82, 2.24) is 15.0 Å². The molecular formula is C22H18F3N5O. The zero-order valence-corrected chi connectivity index (χ0v) is 16.2. The van der Waals surface area contributed by atoms with E-state index < -0.39 is 11.7 Å². The number of aromatic nitrogens is 3. The molecule has 6 nitrogen and oxygen atoms in total. The van der Waals surface area contributed by atoms with Gasteiger partial charge in [-0.15, -0.1) is 0 Å². The lowest BCUT2D eigenvalue weighted by Gasteiger charge is -2.11. The van der Waals surface area contributed by atoms with E-state index in [2.05, 4.69) is 20.3 Å². The van der Waals surface area contributed by atoms with Crippen LogP contribution in [0.3, 0.4) is 0 Å². The Hall–Kier alpha value is -3.72. The molecule has 4 rings (SSSR count). The average Bonchev–Trinajstić information content (AvgIpc) is 2.78. The van der Waals surface area contributed by atoms with Crippen LogP contribution in [0.5, 0.6) is 11.6 Å². The third-order valence-corrected chi connectivity index (χ3v) is 4.50. The molecule has 0 bridgehead atoms. The molecule has 2 aromatic heterocycles. The number of rotatable bonds is 6. The van der Waals surface area contributed by atoms with E-state index in [1.54, 1.807) is 12.1 Å². The van der Waals surface area contributed by atoms with Crippen LogP contribution in [0.15, 0.2) is 67.0 Å². The summed E-state index contributed by atoms with van der Waals surface area (Å²) in [5.41, 5.74) is 6.41. The fraction of sp³-hybridized carbons (Fsp3) is 0.136. The molecule has 2 aromatic carbocycles. The summed E-state index contributed by atoms with van der Waals surface area (Å²) >= 11 is 0. The van der Waals surface area contributed by atoms with E-state index in [1.807, 2.05) is 24.3 Å². The Morgan fingerprint density at radius 1 is 0.968 bits per heavy atom. The van der Waals surface area contributed by atoms with Crippen molar-refractivity contribution in [1.29, 1.82) is 0 Å². The van der Waals surface area contributed by atoms with Crippen molar-refractivity contribution >= 4 is 16.7 Å². The fourth-order valence-electron chi connectivity index (χ4n) is 3.00. The van der Waals surface area contributed by atoms with Crippen LogP contribution in [0.4, 0.5) is 19.0 Å². The molecule has 158 valence electrons. The predicted octanol–water partition coefficient (Wildman–Crippen LogP) is 4.87. The number of anilines is 1. The lowest BCUT2D eigenvalue weighted by molar-refractivity contribution is -0.137. The van der Waals surface area contributed by atoms with Crippen molar-refractivity contribution in [3.63, 3.8) is 0 Å². The number of para-hydroxylation sites is 1. The van der Waals surface area contributed by atoms with Crippen molar-refractivity contribution in [3.05, 3.63) is 72.6 Å². The molecule has 0 fully saturated rings. The van der Waals surface area contributed by atoms with Gasteiger partial charge in [-0.2, -0.15) is 13.2 Å². The largest absolute Gasteiger partial charge is 0.437 e. The number of hydrogen-bond donors (Lipinski definition) is 2. The molecule has 0 aliphatic carbocycles. The predicted molar refractivity (Wildman–Crippen MR) is 112 cm³/mol. The van der Waals surface area contributed by atoms with Crippen LogP contribution < -0.4 is 15.8 Å². The standard InChI is InChI=1S/C22H18F3N5O/c23-22(24,25)16-7-4-14(5-8-16)17-12-20(29-13-28-17)31-18-3-1-2-15-6-9-19(27-11-10-26)30-21(15)18/h1-9,12-13H,10-11,26H2,(H,27,30). The van der Waals surface area contributed by atoms with Gasteiger partial charge in [0.1, 0.15) is 17.7 Å². The Morgan fingerprint density at radius 3 is 2.52 bits per heavy atom. The van der Waals surface area contributed by atoms with E-state index in [0.717, 1.165) is 17.5 Å². The SMILES string of the molecule is NCCNc1ccc2cccc(Oc3cc(-c4ccc(C(F)(F)F)cc4)ncn3)c2n1. The number of hydrogen-bond acceptors (Lipinski definition) is 6. The van der Waals surface area contributed by atoms with Crippen LogP contribution in [0, 0.1) is 0 Å². The highest BCUT2D eigenvalue weighted by Gasteiger charge is 2.30. The summed E-state index contributed by atoms with van der Waals surface area (Å²) in [7, 11) is 0. The van der Waals surface area contributed by atoms with E-state index in [1.165, 1.54) is 18.5 Å². The van der Waals surface area contributed by atoms with Gasteiger partial charge in [0.2, 0.25) is 5.88 Å². The van der Waals surface area contributed by atoms with Gasteiger partial charge in [0, 0.05) is 30.1 Å². The molecule has 0 aliphatic rings. The Bertz CT molecular complexity index is 1200. The molecule has 0 radical (unpaired) electrons. The number of nitrogens with one attached hydrogen (secondary N) is 1. The highest BCUT2D eigenvalue weighted by Crippen LogP contribution is 2.32. The lowest BCUT2D eigenvalue weighted by atomic mass is 10.1. The van der Waals surface area contributed by atoms with E-state index in [9.17, 15) is 13.2 Å². The zero-order valence-electron chi connectivity index (χ0n) is 16.2.